The lowest BCUT2D eigenvalue weighted by Crippen LogP contribution is -2.52. The van der Waals surface area contributed by atoms with Crippen molar-refractivity contribution in [2.24, 2.45) is 4.99 Å². The van der Waals surface area contributed by atoms with Gasteiger partial charge >= 0.3 is 0 Å². The molecule has 1 fully saturated rings. The van der Waals surface area contributed by atoms with Crippen LogP contribution in [-0.2, 0) is 13.2 Å². The minimum atomic E-state index is 0.0431. The van der Waals surface area contributed by atoms with Crippen LogP contribution in [0.4, 0.5) is 5.69 Å². The van der Waals surface area contributed by atoms with Crippen molar-refractivity contribution in [2.45, 2.75) is 20.1 Å². The predicted octanol–water partition coefficient (Wildman–Crippen LogP) is 2.48. The molecule has 28 heavy (non-hydrogen) atoms. The van der Waals surface area contributed by atoms with E-state index in [0.717, 1.165) is 55.6 Å². The number of hydrogen-bond donors (Lipinski definition) is 2. The Morgan fingerprint density at radius 3 is 2.50 bits per heavy atom. The molecule has 1 heterocycles. The molecule has 0 bridgehead atoms. The number of aliphatic imine (C=N–C) groups is 1. The van der Waals surface area contributed by atoms with Crippen LogP contribution in [-0.4, -0.2) is 55.8 Å². The van der Waals surface area contributed by atoms with Gasteiger partial charge in [0, 0.05) is 44.5 Å². The minimum Gasteiger partial charge on any atom is -0.497 e. The fourth-order valence-corrected chi connectivity index (χ4v) is 3.44. The minimum absolute atomic E-state index is 0.0431. The molecule has 150 valence electrons. The number of anilines is 1. The number of piperazine rings is 1. The predicted molar refractivity (Wildman–Crippen MR) is 114 cm³/mol. The van der Waals surface area contributed by atoms with Crippen molar-refractivity contribution in [2.75, 3.05) is 44.7 Å². The summed E-state index contributed by atoms with van der Waals surface area (Å²) in [4.78, 5) is 9.51. The maximum absolute atomic E-state index is 9.52. The van der Waals surface area contributed by atoms with E-state index in [1.54, 1.807) is 7.11 Å². The van der Waals surface area contributed by atoms with E-state index in [1.165, 1.54) is 5.69 Å². The van der Waals surface area contributed by atoms with Crippen molar-refractivity contribution in [3.63, 3.8) is 0 Å². The molecule has 2 aromatic rings. The fourth-order valence-electron chi connectivity index (χ4n) is 3.44. The Morgan fingerprint density at radius 1 is 1.07 bits per heavy atom. The largest absolute Gasteiger partial charge is 0.497 e. The van der Waals surface area contributed by atoms with E-state index in [1.807, 2.05) is 36.4 Å². The van der Waals surface area contributed by atoms with Crippen LogP contribution in [0.2, 0.25) is 0 Å². The summed E-state index contributed by atoms with van der Waals surface area (Å²) < 4.78 is 5.35. The first-order chi connectivity index (χ1) is 13.7. The van der Waals surface area contributed by atoms with Crippen molar-refractivity contribution >= 4 is 11.6 Å². The van der Waals surface area contributed by atoms with Gasteiger partial charge in [-0.3, -0.25) is 0 Å². The van der Waals surface area contributed by atoms with Gasteiger partial charge in [-0.05, 0) is 30.2 Å². The average Bonchev–Trinajstić information content (AvgIpc) is 2.77. The van der Waals surface area contributed by atoms with Gasteiger partial charge in [0.15, 0.2) is 5.96 Å². The highest BCUT2D eigenvalue weighted by molar-refractivity contribution is 5.80. The number of methoxy groups -OCH3 is 1. The second kappa shape index (κ2) is 9.99. The second-order valence-corrected chi connectivity index (χ2v) is 6.77. The monoisotopic (exact) mass is 382 g/mol. The van der Waals surface area contributed by atoms with E-state index < -0.39 is 0 Å². The maximum Gasteiger partial charge on any atom is 0.194 e. The van der Waals surface area contributed by atoms with Crippen LogP contribution in [0.1, 0.15) is 18.1 Å². The van der Waals surface area contributed by atoms with Gasteiger partial charge in [0.05, 0.1) is 20.3 Å². The Labute approximate surface area is 167 Å². The standard InChI is InChI=1S/C22H30N4O2/c1-3-23-22(24-16-18-7-4-5-8-19(18)17-27)26-13-11-25(12-14-26)20-9-6-10-21(15-20)28-2/h4-10,15,27H,3,11-14,16-17H2,1-2H3,(H,23,24). The van der Waals surface area contributed by atoms with Crippen molar-refractivity contribution in [1.82, 2.24) is 10.2 Å². The molecule has 0 aromatic heterocycles. The zero-order valence-electron chi connectivity index (χ0n) is 16.8. The number of benzene rings is 2. The number of ether oxygens (including phenoxy) is 1. The van der Waals surface area contributed by atoms with Crippen molar-refractivity contribution in [1.29, 1.82) is 0 Å². The normalized spacial score (nSPS) is 14.9. The van der Waals surface area contributed by atoms with Gasteiger partial charge in [-0.25, -0.2) is 4.99 Å². The van der Waals surface area contributed by atoms with Crippen LogP contribution in [0.15, 0.2) is 53.5 Å². The molecule has 1 saturated heterocycles. The van der Waals surface area contributed by atoms with E-state index in [4.69, 9.17) is 9.73 Å². The summed E-state index contributed by atoms with van der Waals surface area (Å²) in [7, 11) is 1.70. The van der Waals surface area contributed by atoms with Crippen LogP contribution in [0.25, 0.3) is 0 Å². The molecule has 0 saturated carbocycles. The van der Waals surface area contributed by atoms with Crippen LogP contribution in [0.3, 0.4) is 0 Å². The van der Waals surface area contributed by atoms with Crippen LogP contribution in [0.5, 0.6) is 5.75 Å². The van der Waals surface area contributed by atoms with Gasteiger partial charge in [0.2, 0.25) is 0 Å². The SMILES string of the molecule is CCNC(=NCc1ccccc1CO)N1CCN(c2cccc(OC)c2)CC1. The molecule has 0 amide bonds. The van der Waals surface area contributed by atoms with E-state index in [0.29, 0.717) is 6.54 Å². The summed E-state index contributed by atoms with van der Waals surface area (Å²) in [5.74, 6) is 1.82. The number of aliphatic hydroxyl groups is 1. The van der Waals surface area contributed by atoms with E-state index >= 15 is 0 Å². The molecule has 2 aromatic carbocycles. The zero-order chi connectivity index (χ0) is 19.8. The highest BCUT2D eigenvalue weighted by Gasteiger charge is 2.20. The number of hydrogen-bond acceptors (Lipinski definition) is 4. The lowest BCUT2D eigenvalue weighted by atomic mass is 10.1. The molecule has 2 N–H and O–H groups in total. The van der Waals surface area contributed by atoms with Crippen LogP contribution < -0.4 is 15.0 Å². The number of nitrogens with zero attached hydrogens (tertiary/aromatic N) is 3. The smallest absolute Gasteiger partial charge is 0.194 e. The van der Waals surface area contributed by atoms with Gasteiger partial charge < -0.3 is 25.0 Å². The van der Waals surface area contributed by atoms with Gasteiger partial charge in [-0.15, -0.1) is 0 Å². The summed E-state index contributed by atoms with van der Waals surface area (Å²) in [6.45, 7) is 7.21. The topological polar surface area (TPSA) is 60.3 Å². The van der Waals surface area contributed by atoms with Gasteiger partial charge in [0.25, 0.3) is 0 Å². The summed E-state index contributed by atoms with van der Waals surface area (Å²) in [5.41, 5.74) is 3.19. The van der Waals surface area contributed by atoms with Crippen molar-refractivity contribution < 1.29 is 9.84 Å². The number of guanidine groups is 1. The molecule has 1 aliphatic heterocycles. The zero-order valence-corrected chi connectivity index (χ0v) is 16.8. The third-order valence-corrected chi connectivity index (χ3v) is 5.02. The van der Waals surface area contributed by atoms with Crippen molar-refractivity contribution in [3.05, 3.63) is 59.7 Å². The Morgan fingerprint density at radius 2 is 1.82 bits per heavy atom. The Bertz CT molecular complexity index is 786. The van der Waals surface area contributed by atoms with E-state index in [-0.39, 0.29) is 6.61 Å². The Balaban J connectivity index is 1.65. The highest BCUT2D eigenvalue weighted by atomic mass is 16.5. The molecule has 0 unspecified atom stereocenters. The first-order valence-electron chi connectivity index (χ1n) is 9.85. The lowest BCUT2D eigenvalue weighted by molar-refractivity contribution is 0.280. The van der Waals surface area contributed by atoms with Crippen LogP contribution in [0, 0.1) is 0 Å². The first-order valence-corrected chi connectivity index (χ1v) is 9.85. The Kier molecular flexibility index (Phi) is 7.14. The summed E-state index contributed by atoms with van der Waals surface area (Å²) >= 11 is 0. The molecule has 0 radical (unpaired) electrons. The summed E-state index contributed by atoms with van der Waals surface area (Å²) in [6.07, 6.45) is 0. The quantitative estimate of drug-likeness (QED) is 0.594. The van der Waals surface area contributed by atoms with Crippen LogP contribution >= 0.6 is 0 Å². The molecular formula is C22H30N4O2. The summed E-state index contributed by atoms with van der Waals surface area (Å²) in [6, 6.07) is 16.1. The lowest BCUT2D eigenvalue weighted by Gasteiger charge is -2.37. The van der Waals surface area contributed by atoms with Gasteiger partial charge in [-0.2, -0.15) is 0 Å². The number of nitrogens with one attached hydrogen (secondary N) is 1. The number of aliphatic hydroxyl groups excluding tert-OH is 1. The van der Waals surface area contributed by atoms with E-state index in [2.05, 4.69) is 34.2 Å². The molecule has 6 heteroatoms. The fraction of sp³-hybridized carbons (Fsp3) is 0.409. The van der Waals surface area contributed by atoms with Crippen molar-refractivity contribution in [3.8, 4) is 5.75 Å². The van der Waals surface area contributed by atoms with Gasteiger partial charge in [-0.1, -0.05) is 30.3 Å². The molecule has 0 aliphatic carbocycles. The second-order valence-electron chi connectivity index (χ2n) is 6.77. The molecule has 0 atom stereocenters. The maximum atomic E-state index is 9.52. The third-order valence-electron chi connectivity index (χ3n) is 5.02. The Hall–Kier alpha value is -2.73. The molecule has 3 rings (SSSR count). The third kappa shape index (κ3) is 4.95. The van der Waals surface area contributed by atoms with E-state index in [9.17, 15) is 5.11 Å². The van der Waals surface area contributed by atoms with Gasteiger partial charge in [0.1, 0.15) is 5.75 Å². The number of rotatable bonds is 6. The summed E-state index contributed by atoms with van der Waals surface area (Å²) in [5, 5.41) is 12.9. The molecule has 0 spiro atoms. The molecule has 1 aliphatic rings. The molecular weight excluding hydrogens is 352 g/mol. The highest BCUT2D eigenvalue weighted by Crippen LogP contribution is 2.22. The average molecular weight is 383 g/mol. The first kappa shape index (κ1) is 20.0. The molecule has 6 nitrogen and oxygen atoms in total.